The highest BCUT2D eigenvalue weighted by Crippen LogP contribution is 2.28. The molecule has 1 saturated heterocycles. The van der Waals surface area contributed by atoms with Crippen molar-refractivity contribution in [1.29, 1.82) is 0 Å². The molecule has 120 valence electrons. The Labute approximate surface area is 136 Å². The van der Waals surface area contributed by atoms with Crippen molar-refractivity contribution in [2.45, 2.75) is 6.10 Å². The number of para-hydroxylation sites is 1. The van der Waals surface area contributed by atoms with Gasteiger partial charge < -0.3 is 14.4 Å². The third-order valence-corrected chi connectivity index (χ3v) is 4.39. The van der Waals surface area contributed by atoms with Crippen LogP contribution in [0.4, 0.5) is 5.69 Å². The fourth-order valence-corrected chi connectivity index (χ4v) is 3.15. The van der Waals surface area contributed by atoms with E-state index in [1.54, 1.807) is 6.20 Å². The van der Waals surface area contributed by atoms with Crippen LogP contribution in [0.5, 0.6) is 11.6 Å². The van der Waals surface area contributed by atoms with Crippen molar-refractivity contribution in [3.05, 3.63) is 48.7 Å². The molecule has 1 atom stereocenters. The molecule has 2 aliphatic heterocycles. The second kappa shape index (κ2) is 6.46. The van der Waals surface area contributed by atoms with Crippen molar-refractivity contribution in [1.82, 2.24) is 9.88 Å². The summed E-state index contributed by atoms with van der Waals surface area (Å²) in [5.41, 5.74) is 1.31. The van der Waals surface area contributed by atoms with Crippen LogP contribution in [0.2, 0.25) is 0 Å². The van der Waals surface area contributed by atoms with Gasteiger partial charge in [-0.15, -0.1) is 0 Å². The first-order chi connectivity index (χ1) is 11.4. The maximum atomic E-state index is 5.95. The number of piperazine rings is 1. The molecule has 0 spiro atoms. The molecule has 0 aliphatic carbocycles. The summed E-state index contributed by atoms with van der Waals surface area (Å²) >= 11 is 0. The van der Waals surface area contributed by atoms with Gasteiger partial charge in [-0.3, -0.25) is 4.90 Å². The summed E-state index contributed by atoms with van der Waals surface area (Å²) in [5, 5.41) is 0. The Morgan fingerprint density at radius 3 is 2.65 bits per heavy atom. The summed E-state index contributed by atoms with van der Waals surface area (Å²) < 4.78 is 11.7. The zero-order valence-electron chi connectivity index (χ0n) is 13.1. The number of aromatic nitrogens is 1. The first-order valence-electron chi connectivity index (χ1n) is 8.15. The van der Waals surface area contributed by atoms with Gasteiger partial charge in [0.1, 0.15) is 12.7 Å². The Morgan fingerprint density at radius 1 is 1.00 bits per heavy atom. The van der Waals surface area contributed by atoms with E-state index in [0.29, 0.717) is 12.5 Å². The van der Waals surface area contributed by atoms with E-state index in [1.807, 2.05) is 12.1 Å². The molecule has 1 fully saturated rings. The molecule has 3 heterocycles. The van der Waals surface area contributed by atoms with E-state index in [4.69, 9.17) is 9.47 Å². The molecule has 4 rings (SSSR count). The topological polar surface area (TPSA) is 37.8 Å². The Kier molecular flexibility index (Phi) is 4.03. The molecule has 1 aromatic heterocycles. The van der Waals surface area contributed by atoms with E-state index >= 15 is 0 Å². The van der Waals surface area contributed by atoms with Gasteiger partial charge in [0.25, 0.3) is 5.88 Å². The molecule has 23 heavy (non-hydrogen) atoms. The predicted molar refractivity (Wildman–Crippen MR) is 89.2 cm³/mol. The summed E-state index contributed by atoms with van der Waals surface area (Å²) in [6, 6.07) is 14.4. The van der Waals surface area contributed by atoms with Gasteiger partial charge in [-0.2, -0.15) is 0 Å². The predicted octanol–water partition coefficient (Wildman–Crippen LogP) is 2.04. The Morgan fingerprint density at radius 2 is 1.83 bits per heavy atom. The normalized spacial score (nSPS) is 21.2. The number of fused-ring (bicyclic) bond motifs is 1. The number of anilines is 1. The van der Waals surface area contributed by atoms with Crippen LogP contribution >= 0.6 is 0 Å². The van der Waals surface area contributed by atoms with Gasteiger partial charge in [-0.1, -0.05) is 18.2 Å². The Hall–Kier alpha value is -2.27. The molecule has 0 bridgehead atoms. The minimum absolute atomic E-state index is 0.0562. The highest BCUT2D eigenvalue weighted by atomic mass is 16.6. The highest BCUT2D eigenvalue weighted by molar-refractivity contribution is 5.46. The van der Waals surface area contributed by atoms with Crippen molar-refractivity contribution >= 4 is 5.69 Å². The van der Waals surface area contributed by atoms with Gasteiger partial charge in [0, 0.05) is 44.6 Å². The van der Waals surface area contributed by atoms with Crippen LogP contribution in [0.1, 0.15) is 0 Å². The van der Waals surface area contributed by atoms with Crippen LogP contribution in [0.25, 0.3) is 0 Å². The molecule has 0 N–H and O–H groups in total. The van der Waals surface area contributed by atoms with Gasteiger partial charge in [0.05, 0.1) is 0 Å². The van der Waals surface area contributed by atoms with Gasteiger partial charge in [-0.05, 0) is 24.3 Å². The summed E-state index contributed by atoms with van der Waals surface area (Å²) in [6.45, 7) is 5.67. The molecule has 0 saturated carbocycles. The number of benzene rings is 1. The number of rotatable bonds is 3. The van der Waals surface area contributed by atoms with Crippen LogP contribution in [-0.4, -0.2) is 55.3 Å². The first kappa shape index (κ1) is 14.3. The van der Waals surface area contributed by atoms with Crippen molar-refractivity contribution in [3.8, 4) is 11.6 Å². The number of ether oxygens (including phenoxy) is 2. The van der Waals surface area contributed by atoms with Crippen molar-refractivity contribution < 1.29 is 9.47 Å². The molecule has 1 aromatic carbocycles. The maximum Gasteiger partial charge on any atom is 0.257 e. The van der Waals surface area contributed by atoms with Crippen LogP contribution in [0.15, 0.2) is 48.7 Å². The second-order valence-corrected chi connectivity index (χ2v) is 5.98. The molecular weight excluding hydrogens is 290 g/mol. The van der Waals surface area contributed by atoms with E-state index in [9.17, 15) is 0 Å². The van der Waals surface area contributed by atoms with E-state index in [-0.39, 0.29) is 6.10 Å². The Bertz CT molecular complexity index is 642. The van der Waals surface area contributed by atoms with Crippen molar-refractivity contribution in [3.63, 3.8) is 0 Å². The lowest BCUT2D eigenvalue weighted by molar-refractivity contribution is 0.0525. The standard InChI is InChI=1S/C18H21N3O2/c1-2-5-15(6-3-1)21-11-9-20(10-12-21)13-16-14-22-17-7-4-8-19-18(17)23-16/h1-8,16H,9-14H2. The minimum Gasteiger partial charge on any atom is -0.484 e. The van der Waals surface area contributed by atoms with Gasteiger partial charge in [0.2, 0.25) is 0 Å². The summed E-state index contributed by atoms with van der Waals surface area (Å²) in [4.78, 5) is 9.12. The fourth-order valence-electron chi connectivity index (χ4n) is 3.15. The molecule has 5 heteroatoms. The number of hydrogen-bond donors (Lipinski definition) is 0. The van der Waals surface area contributed by atoms with E-state index < -0.39 is 0 Å². The molecule has 0 radical (unpaired) electrons. The summed E-state index contributed by atoms with van der Waals surface area (Å²) in [6.07, 6.45) is 1.80. The zero-order valence-corrected chi connectivity index (χ0v) is 13.1. The third kappa shape index (κ3) is 3.24. The smallest absolute Gasteiger partial charge is 0.257 e. The van der Waals surface area contributed by atoms with Gasteiger partial charge in [0.15, 0.2) is 5.75 Å². The molecule has 2 aromatic rings. The molecule has 2 aliphatic rings. The maximum absolute atomic E-state index is 5.95. The minimum atomic E-state index is 0.0562. The summed E-state index contributed by atoms with van der Waals surface area (Å²) in [7, 11) is 0. The zero-order chi connectivity index (χ0) is 15.5. The second-order valence-electron chi connectivity index (χ2n) is 5.98. The molecule has 1 unspecified atom stereocenters. The molecular formula is C18H21N3O2. The first-order valence-corrected chi connectivity index (χ1v) is 8.15. The lowest BCUT2D eigenvalue weighted by atomic mass is 10.2. The van der Waals surface area contributed by atoms with Crippen LogP contribution < -0.4 is 14.4 Å². The van der Waals surface area contributed by atoms with Crippen LogP contribution in [0, 0.1) is 0 Å². The van der Waals surface area contributed by atoms with Gasteiger partial charge in [-0.25, -0.2) is 4.98 Å². The Balaban J connectivity index is 1.30. The van der Waals surface area contributed by atoms with E-state index in [0.717, 1.165) is 38.5 Å². The van der Waals surface area contributed by atoms with Crippen LogP contribution in [-0.2, 0) is 0 Å². The van der Waals surface area contributed by atoms with Crippen LogP contribution in [0.3, 0.4) is 0 Å². The van der Waals surface area contributed by atoms with E-state index in [1.165, 1.54) is 5.69 Å². The SMILES string of the molecule is c1ccc(N2CCN(CC3COc4cccnc4O3)CC2)cc1. The average Bonchev–Trinajstić information content (AvgIpc) is 2.63. The highest BCUT2D eigenvalue weighted by Gasteiger charge is 2.26. The van der Waals surface area contributed by atoms with E-state index in [2.05, 4.69) is 45.1 Å². The lowest BCUT2D eigenvalue weighted by Gasteiger charge is -2.38. The quantitative estimate of drug-likeness (QED) is 0.867. The fraction of sp³-hybridized carbons (Fsp3) is 0.389. The number of pyridine rings is 1. The summed E-state index contributed by atoms with van der Waals surface area (Å²) in [5.74, 6) is 1.37. The molecule has 0 amide bonds. The van der Waals surface area contributed by atoms with Crippen molar-refractivity contribution in [2.24, 2.45) is 0 Å². The average molecular weight is 311 g/mol. The third-order valence-electron chi connectivity index (χ3n) is 4.39. The van der Waals surface area contributed by atoms with Gasteiger partial charge >= 0.3 is 0 Å². The molecule has 5 nitrogen and oxygen atoms in total. The largest absolute Gasteiger partial charge is 0.484 e. The monoisotopic (exact) mass is 311 g/mol. The number of nitrogens with zero attached hydrogens (tertiary/aromatic N) is 3. The lowest BCUT2D eigenvalue weighted by Crippen LogP contribution is -2.50. The number of hydrogen-bond acceptors (Lipinski definition) is 5. The van der Waals surface area contributed by atoms with Crippen molar-refractivity contribution in [2.75, 3.05) is 44.2 Å².